The molecule has 2 N–H and O–H groups in total. The third-order valence-corrected chi connectivity index (χ3v) is 7.74. The highest BCUT2D eigenvalue weighted by Crippen LogP contribution is 2.45. The lowest BCUT2D eigenvalue weighted by molar-refractivity contribution is -0.0365. The summed E-state index contributed by atoms with van der Waals surface area (Å²) in [5.74, 6) is -1.42. The van der Waals surface area contributed by atoms with Crippen molar-refractivity contribution in [2.45, 2.75) is 64.0 Å². The van der Waals surface area contributed by atoms with Crippen LogP contribution in [0.15, 0.2) is 60.1 Å². The molecule has 1 atom stereocenters. The molecular weight excluding hydrogens is 501 g/mol. The van der Waals surface area contributed by atoms with E-state index in [4.69, 9.17) is 10.1 Å². The number of hydrogen-bond donors (Lipinski definition) is 2. The number of benzene rings is 2. The van der Waals surface area contributed by atoms with E-state index in [9.17, 15) is 13.2 Å². The number of halogens is 3. The van der Waals surface area contributed by atoms with Crippen LogP contribution in [-0.2, 0) is 10.3 Å². The van der Waals surface area contributed by atoms with E-state index in [2.05, 4.69) is 21.8 Å². The Bertz CT molecular complexity index is 1100. The highest BCUT2D eigenvalue weighted by Gasteiger charge is 2.44. The Kier molecular flexibility index (Phi) is 11.3. The van der Waals surface area contributed by atoms with Crippen LogP contribution in [0.25, 0.3) is 0 Å². The van der Waals surface area contributed by atoms with Gasteiger partial charge < -0.3 is 10.1 Å². The predicted octanol–water partition coefficient (Wildman–Crippen LogP) is 7.34. The topological polar surface area (TPSA) is 60.7 Å². The summed E-state index contributed by atoms with van der Waals surface area (Å²) >= 11 is 0. The van der Waals surface area contributed by atoms with Gasteiger partial charge in [-0.05, 0) is 93.8 Å². The molecule has 5 nitrogen and oxygen atoms in total. The number of hydrogen-bond acceptors (Lipinski definition) is 4. The van der Waals surface area contributed by atoms with Crippen LogP contribution < -0.4 is 5.32 Å². The van der Waals surface area contributed by atoms with E-state index >= 15 is 0 Å². The van der Waals surface area contributed by atoms with Gasteiger partial charge in [-0.2, -0.15) is 0 Å². The molecule has 1 aliphatic carbocycles. The van der Waals surface area contributed by atoms with Gasteiger partial charge in [0.2, 0.25) is 0 Å². The fourth-order valence-corrected chi connectivity index (χ4v) is 5.69. The summed E-state index contributed by atoms with van der Waals surface area (Å²) in [6.45, 7) is 10.6. The zero-order valence-corrected chi connectivity index (χ0v) is 23.1. The zero-order valence-electron chi connectivity index (χ0n) is 23.1. The second kappa shape index (κ2) is 14.4. The normalized spacial score (nSPS) is 22.7. The quantitative estimate of drug-likeness (QED) is 0.188. The largest absolute Gasteiger partial charge is 0.382 e. The number of ether oxygens (including phenoxy) is 1. The van der Waals surface area contributed by atoms with Gasteiger partial charge in [-0.1, -0.05) is 19.6 Å². The van der Waals surface area contributed by atoms with E-state index in [1.807, 2.05) is 6.92 Å². The molecule has 0 aromatic heterocycles. The van der Waals surface area contributed by atoms with Gasteiger partial charge in [0, 0.05) is 49.3 Å². The number of likely N-dealkylation sites (tertiary alicyclic amines) is 1. The molecule has 1 aliphatic heterocycles. The SMILES string of the molecule is C=CC(CN1CCC2(CCC(Nc3ccc(F)cc3)CC2)C1)(OCCC)c1ccc(F)cc1F.CC=NC=N. The minimum absolute atomic E-state index is 0.224. The first-order valence-electron chi connectivity index (χ1n) is 13.7. The van der Waals surface area contributed by atoms with Crippen LogP contribution in [0.4, 0.5) is 18.9 Å². The third kappa shape index (κ3) is 8.26. The molecule has 4 rings (SSSR count). The van der Waals surface area contributed by atoms with Gasteiger partial charge in [0.1, 0.15) is 29.4 Å². The Hall–Kier alpha value is -2.97. The first-order chi connectivity index (χ1) is 18.8. The molecule has 1 unspecified atom stereocenters. The maximum absolute atomic E-state index is 14.8. The summed E-state index contributed by atoms with van der Waals surface area (Å²) in [5.41, 5.74) is 0.534. The molecule has 1 spiro atoms. The second-order valence-electron chi connectivity index (χ2n) is 10.5. The highest BCUT2D eigenvalue weighted by atomic mass is 19.1. The number of aliphatic imine (C=N–C) groups is 1. The second-order valence-corrected chi connectivity index (χ2v) is 10.5. The van der Waals surface area contributed by atoms with Crippen LogP contribution in [0.2, 0.25) is 0 Å². The van der Waals surface area contributed by atoms with Crippen LogP contribution in [0.3, 0.4) is 0 Å². The fourth-order valence-electron chi connectivity index (χ4n) is 5.69. The molecule has 2 aromatic rings. The zero-order chi connectivity index (χ0) is 28.3. The van der Waals surface area contributed by atoms with Gasteiger partial charge >= 0.3 is 0 Å². The van der Waals surface area contributed by atoms with Crippen molar-refractivity contribution in [3.63, 3.8) is 0 Å². The summed E-state index contributed by atoms with van der Waals surface area (Å²) < 4.78 is 47.8. The molecule has 2 fully saturated rings. The van der Waals surface area contributed by atoms with E-state index < -0.39 is 17.2 Å². The van der Waals surface area contributed by atoms with Crippen molar-refractivity contribution in [3.05, 3.63) is 78.1 Å². The summed E-state index contributed by atoms with van der Waals surface area (Å²) in [6.07, 6.45) is 10.5. The lowest BCUT2D eigenvalue weighted by atomic mass is 9.72. The van der Waals surface area contributed by atoms with Crippen molar-refractivity contribution in [2.24, 2.45) is 10.4 Å². The molecule has 0 bridgehead atoms. The highest BCUT2D eigenvalue weighted by molar-refractivity contribution is 5.68. The van der Waals surface area contributed by atoms with Crippen molar-refractivity contribution in [3.8, 4) is 0 Å². The molecule has 2 aromatic carbocycles. The molecule has 1 saturated carbocycles. The Balaban J connectivity index is 0.000000771. The first-order valence-corrected chi connectivity index (χ1v) is 13.7. The van der Waals surface area contributed by atoms with Crippen molar-refractivity contribution in [1.82, 2.24) is 4.90 Å². The lowest BCUT2D eigenvalue weighted by Crippen LogP contribution is -2.43. The average molecular weight is 543 g/mol. The predicted molar refractivity (Wildman–Crippen MR) is 153 cm³/mol. The summed E-state index contributed by atoms with van der Waals surface area (Å²) in [6, 6.07) is 10.6. The van der Waals surface area contributed by atoms with Crippen LogP contribution in [0.5, 0.6) is 0 Å². The van der Waals surface area contributed by atoms with Crippen molar-refractivity contribution in [1.29, 1.82) is 5.41 Å². The number of nitrogens with zero attached hydrogens (tertiary/aromatic N) is 2. The molecule has 1 heterocycles. The van der Waals surface area contributed by atoms with Gasteiger partial charge in [0.15, 0.2) is 0 Å². The summed E-state index contributed by atoms with van der Waals surface area (Å²) in [5, 5.41) is 9.82. The third-order valence-electron chi connectivity index (χ3n) is 7.74. The smallest absolute Gasteiger partial charge is 0.132 e. The first kappa shape index (κ1) is 30.6. The Morgan fingerprint density at radius 2 is 1.82 bits per heavy atom. The molecule has 212 valence electrons. The standard InChI is InChI=1S/C28H35F3N2O.C3H6N2/c1-3-17-34-28(4-2,25-10-7-22(30)18-26(25)31)20-33-16-15-27(19-33)13-11-24(12-14-27)32-23-8-5-21(29)6-9-23;1-2-5-3-4/h4-10,18,24,32H,2-3,11-17,19-20H2,1H3;2-4H,1H3. The molecule has 1 saturated heterocycles. The summed E-state index contributed by atoms with van der Waals surface area (Å²) in [7, 11) is 0. The van der Waals surface area contributed by atoms with Gasteiger partial charge in [0.25, 0.3) is 0 Å². The van der Waals surface area contributed by atoms with Crippen molar-refractivity contribution in [2.75, 3.05) is 31.6 Å². The fraction of sp³-hybridized carbons (Fsp3) is 0.484. The van der Waals surface area contributed by atoms with E-state index in [-0.39, 0.29) is 11.2 Å². The van der Waals surface area contributed by atoms with Crippen LogP contribution in [0.1, 0.15) is 57.9 Å². The Morgan fingerprint density at radius 3 is 2.38 bits per heavy atom. The van der Waals surface area contributed by atoms with Gasteiger partial charge in [-0.25, -0.2) is 13.2 Å². The molecule has 0 amide bonds. The minimum atomic E-state index is -1.01. The maximum Gasteiger partial charge on any atom is 0.132 e. The van der Waals surface area contributed by atoms with Crippen molar-refractivity contribution < 1.29 is 17.9 Å². The van der Waals surface area contributed by atoms with E-state index in [0.717, 1.165) is 69.7 Å². The lowest BCUT2D eigenvalue weighted by Gasteiger charge is -2.39. The van der Waals surface area contributed by atoms with Gasteiger partial charge in [-0.3, -0.25) is 15.3 Å². The minimum Gasteiger partial charge on any atom is -0.382 e. The van der Waals surface area contributed by atoms with E-state index in [1.165, 1.54) is 24.3 Å². The molecule has 2 aliphatic rings. The average Bonchev–Trinajstić information content (AvgIpc) is 3.32. The molecule has 8 heteroatoms. The maximum atomic E-state index is 14.8. The summed E-state index contributed by atoms with van der Waals surface area (Å²) in [4.78, 5) is 5.74. The van der Waals surface area contributed by atoms with Crippen LogP contribution >= 0.6 is 0 Å². The number of anilines is 1. The monoisotopic (exact) mass is 542 g/mol. The van der Waals surface area contributed by atoms with E-state index in [1.54, 1.807) is 31.3 Å². The van der Waals surface area contributed by atoms with Crippen LogP contribution in [-0.4, -0.2) is 49.7 Å². The molecule has 39 heavy (non-hydrogen) atoms. The van der Waals surface area contributed by atoms with Crippen LogP contribution in [0, 0.1) is 28.3 Å². The van der Waals surface area contributed by atoms with Crippen molar-refractivity contribution >= 4 is 18.2 Å². The Labute approximate surface area is 230 Å². The molecular formula is C31H41F3N4O. The number of nitrogens with one attached hydrogen (secondary N) is 2. The number of rotatable bonds is 10. The van der Waals surface area contributed by atoms with E-state index in [0.29, 0.717) is 24.8 Å². The Morgan fingerprint density at radius 1 is 1.13 bits per heavy atom. The molecule has 0 radical (unpaired) electrons. The van der Waals surface area contributed by atoms with Gasteiger partial charge in [0.05, 0.1) is 0 Å². The van der Waals surface area contributed by atoms with Gasteiger partial charge in [-0.15, -0.1) is 0 Å².